The van der Waals surface area contributed by atoms with E-state index in [0.29, 0.717) is 5.82 Å². The summed E-state index contributed by atoms with van der Waals surface area (Å²) < 4.78 is 26.6. The molecule has 1 heterocycles. The number of nitrogens with one attached hydrogen (secondary N) is 2. The highest BCUT2D eigenvalue weighted by Crippen LogP contribution is 2.20. The lowest BCUT2D eigenvalue weighted by atomic mass is 10.3. The third-order valence-corrected chi connectivity index (χ3v) is 5.00. The first-order valence-corrected chi connectivity index (χ1v) is 8.72. The highest BCUT2D eigenvalue weighted by atomic mass is 35.5. The lowest BCUT2D eigenvalue weighted by molar-refractivity contribution is -0.116. The van der Waals surface area contributed by atoms with E-state index in [2.05, 4.69) is 15.0 Å². The minimum Gasteiger partial charge on any atom is -0.310 e. The molecule has 8 heteroatoms. The maximum atomic E-state index is 12.1. The number of hydrogen-bond acceptors (Lipinski definition) is 4. The van der Waals surface area contributed by atoms with Crippen molar-refractivity contribution in [3.05, 3.63) is 53.2 Å². The highest BCUT2D eigenvalue weighted by molar-refractivity contribution is 7.89. The van der Waals surface area contributed by atoms with Crippen molar-refractivity contribution in [1.82, 2.24) is 9.71 Å². The molecule has 0 aliphatic heterocycles. The van der Waals surface area contributed by atoms with Gasteiger partial charge in [-0.05, 0) is 30.7 Å². The third kappa shape index (κ3) is 4.75. The molecule has 2 N–H and O–H groups in total. The molecule has 0 spiro atoms. The average molecular weight is 354 g/mol. The van der Waals surface area contributed by atoms with Crippen molar-refractivity contribution >= 4 is 33.3 Å². The Morgan fingerprint density at radius 3 is 2.65 bits per heavy atom. The first-order valence-electron chi connectivity index (χ1n) is 6.86. The lowest BCUT2D eigenvalue weighted by Gasteiger charge is -2.09. The van der Waals surface area contributed by atoms with E-state index in [4.69, 9.17) is 11.6 Å². The van der Waals surface area contributed by atoms with Crippen LogP contribution in [0.2, 0.25) is 5.02 Å². The molecule has 0 saturated heterocycles. The average Bonchev–Trinajstić information content (AvgIpc) is 2.49. The number of hydrogen-bond donors (Lipinski definition) is 2. The number of benzene rings is 1. The van der Waals surface area contributed by atoms with Crippen LogP contribution in [-0.2, 0) is 14.8 Å². The Bertz CT molecular complexity index is 809. The SMILES string of the molecule is Cc1cccnc1NC(=O)CCNS(=O)(=O)c1ccccc1Cl. The molecule has 2 aromatic rings. The van der Waals surface area contributed by atoms with Crippen molar-refractivity contribution in [2.24, 2.45) is 0 Å². The van der Waals surface area contributed by atoms with E-state index >= 15 is 0 Å². The lowest BCUT2D eigenvalue weighted by Crippen LogP contribution is -2.28. The van der Waals surface area contributed by atoms with Gasteiger partial charge in [-0.15, -0.1) is 0 Å². The van der Waals surface area contributed by atoms with Gasteiger partial charge in [0.1, 0.15) is 10.7 Å². The maximum absolute atomic E-state index is 12.1. The van der Waals surface area contributed by atoms with E-state index in [0.717, 1.165) is 5.56 Å². The zero-order valence-electron chi connectivity index (χ0n) is 12.4. The Morgan fingerprint density at radius 1 is 1.22 bits per heavy atom. The number of anilines is 1. The number of pyridine rings is 1. The zero-order chi connectivity index (χ0) is 16.9. The number of halogens is 1. The second kappa shape index (κ2) is 7.54. The quantitative estimate of drug-likeness (QED) is 0.834. The minimum atomic E-state index is -3.75. The van der Waals surface area contributed by atoms with E-state index in [1.165, 1.54) is 12.1 Å². The summed E-state index contributed by atoms with van der Waals surface area (Å²) in [6.45, 7) is 1.79. The van der Waals surface area contributed by atoms with E-state index in [1.54, 1.807) is 24.4 Å². The number of sulfonamides is 1. The molecular weight excluding hydrogens is 338 g/mol. The zero-order valence-corrected chi connectivity index (χ0v) is 14.0. The number of aromatic nitrogens is 1. The second-order valence-corrected chi connectivity index (χ2v) is 6.94. The van der Waals surface area contributed by atoms with Gasteiger partial charge in [-0.25, -0.2) is 18.1 Å². The normalized spacial score (nSPS) is 11.2. The van der Waals surface area contributed by atoms with Gasteiger partial charge < -0.3 is 5.32 Å². The summed E-state index contributed by atoms with van der Waals surface area (Å²) >= 11 is 5.87. The van der Waals surface area contributed by atoms with Crippen LogP contribution in [-0.4, -0.2) is 25.9 Å². The largest absolute Gasteiger partial charge is 0.310 e. The van der Waals surface area contributed by atoms with Gasteiger partial charge >= 0.3 is 0 Å². The maximum Gasteiger partial charge on any atom is 0.242 e. The Hall–Kier alpha value is -1.96. The number of amides is 1. The van der Waals surface area contributed by atoms with Crippen LogP contribution < -0.4 is 10.0 Å². The van der Waals surface area contributed by atoms with Gasteiger partial charge in [0, 0.05) is 19.2 Å². The second-order valence-electron chi connectivity index (χ2n) is 4.80. The standard InChI is InChI=1S/C15H16ClN3O3S/c1-11-5-4-9-17-15(11)19-14(20)8-10-18-23(21,22)13-7-3-2-6-12(13)16/h2-7,9,18H,8,10H2,1H3,(H,17,19,20). The van der Waals surface area contributed by atoms with Crippen molar-refractivity contribution in [2.75, 3.05) is 11.9 Å². The van der Waals surface area contributed by atoms with Gasteiger partial charge in [-0.3, -0.25) is 4.79 Å². The van der Waals surface area contributed by atoms with Crippen molar-refractivity contribution in [3.8, 4) is 0 Å². The molecule has 0 aliphatic carbocycles. The first kappa shape index (κ1) is 17.4. The van der Waals surface area contributed by atoms with Crippen molar-refractivity contribution < 1.29 is 13.2 Å². The number of aryl methyl sites for hydroxylation is 1. The van der Waals surface area contributed by atoms with Gasteiger partial charge in [0.15, 0.2) is 0 Å². The molecule has 122 valence electrons. The molecule has 0 bridgehead atoms. The van der Waals surface area contributed by atoms with Crippen LogP contribution in [0.1, 0.15) is 12.0 Å². The number of carbonyl (C=O) groups is 1. The molecule has 0 atom stereocenters. The van der Waals surface area contributed by atoms with Crippen LogP contribution in [0.5, 0.6) is 0 Å². The smallest absolute Gasteiger partial charge is 0.242 e. The van der Waals surface area contributed by atoms with Crippen LogP contribution in [0.25, 0.3) is 0 Å². The van der Waals surface area contributed by atoms with Crippen molar-refractivity contribution in [1.29, 1.82) is 0 Å². The van der Waals surface area contributed by atoms with Gasteiger partial charge in [-0.2, -0.15) is 0 Å². The summed E-state index contributed by atoms with van der Waals surface area (Å²) in [5, 5.41) is 2.77. The van der Waals surface area contributed by atoms with Gasteiger partial charge in [0.05, 0.1) is 5.02 Å². The number of carbonyl (C=O) groups excluding carboxylic acids is 1. The van der Waals surface area contributed by atoms with E-state index < -0.39 is 10.0 Å². The fraction of sp³-hybridized carbons (Fsp3) is 0.200. The number of rotatable bonds is 6. The van der Waals surface area contributed by atoms with E-state index in [-0.39, 0.29) is 28.8 Å². The molecule has 1 aromatic heterocycles. The van der Waals surface area contributed by atoms with Crippen LogP contribution in [0.15, 0.2) is 47.5 Å². The Morgan fingerprint density at radius 2 is 1.96 bits per heavy atom. The van der Waals surface area contributed by atoms with Gasteiger partial charge in [-0.1, -0.05) is 29.8 Å². The van der Waals surface area contributed by atoms with E-state index in [1.807, 2.05) is 13.0 Å². The summed E-state index contributed by atoms with van der Waals surface area (Å²) in [6, 6.07) is 9.71. The highest BCUT2D eigenvalue weighted by Gasteiger charge is 2.17. The molecule has 0 saturated carbocycles. The van der Waals surface area contributed by atoms with Crippen LogP contribution >= 0.6 is 11.6 Å². The first-order chi connectivity index (χ1) is 10.9. The Balaban J connectivity index is 1.91. The minimum absolute atomic E-state index is 0.0114. The van der Waals surface area contributed by atoms with Gasteiger partial charge in [0.25, 0.3) is 0 Å². The van der Waals surface area contributed by atoms with Crippen LogP contribution in [0, 0.1) is 6.92 Å². The molecule has 1 aromatic carbocycles. The molecular formula is C15H16ClN3O3S. The van der Waals surface area contributed by atoms with Gasteiger partial charge in [0.2, 0.25) is 15.9 Å². The third-order valence-electron chi connectivity index (χ3n) is 3.04. The van der Waals surface area contributed by atoms with Crippen LogP contribution in [0.4, 0.5) is 5.82 Å². The monoisotopic (exact) mass is 353 g/mol. The molecule has 0 unspecified atom stereocenters. The molecule has 0 fully saturated rings. The predicted molar refractivity (Wildman–Crippen MR) is 88.9 cm³/mol. The Kier molecular flexibility index (Phi) is 5.70. The summed E-state index contributed by atoms with van der Waals surface area (Å²) in [7, 11) is -3.75. The van der Waals surface area contributed by atoms with E-state index in [9.17, 15) is 13.2 Å². The molecule has 0 aliphatic rings. The fourth-order valence-corrected chi connectivity index (χ4v) is 3.40. The summed E-state index contributed by atoms with van der Waals surface area (Å²) in [5.41, 5.74) is 0.831. The fourth-order valence-electron chi connectivity index (χ4n) is 1.85. The summed E-state index contributed by atoms with van der Waals surface area (Å²) in [4.78, 5) is 15.9. The predicted octanol–water partition coefficient (Wildman–Crippen LogP) is 2.35. The summed E-state index contributed by atoms with van der Waals surface area (Å²) in [5.74, 6) is 0.139. The van der Waals surface area contributed by atoms with Crippen molar-refractivity contribution in [2.45, 2.75) is 18.2 Å². The van der Waals surface area contributed by atoms with Crippen LogP contribution in [0.3, 0.4) is 0 Å². The molecule has 2 rings (SSSR count). The molecule has 0 radical (unpaired) electrons. The molecule has 1 amide bonds. The topological polar surface area (TPSA) is 88.2 Å². The molecule has 23 heavy (non-hydrogen) atoms. The number of nitrogens with zero attached hydrogens (tertiary/aromatic N) is 1. The molecule has 6 nitrogen and oxygen atoms in total. The van der Waals surface area contributed by atoms with Crippen molar-refractivity contribution in [3.63, 3.8) is 0 Å². The summed E-state index contributed by atoms with van der Waals surface area (Å²) in [6.07, 6.45) is 1.56. The Labute approximate surface area is 139 Å².